The van der Waals surface area contributed by atoms with E-state index in [1.807, 2.05) is 77.7 Å². The van der Waals surface area contributed by atoms with Crippen LogP contribution in [-0.2, 0) is 9.53 Å². The van der Waals surface area contributed by atoms with Crippen LogP contribution in [0.5, 0.6) is 5.75 Å². The molecular weight excluding hydrogens is 547 g/mol. The summed E-state index contributed by atoms with van der Waals surface area (Å²) in [6.07, 6.45) is 6.05. The fourth-order valence-corrected chi connectivity index (χ4v) is 5.63. The highest BCUT2D eigenvalue weighted by Gasteiger charge is 2.54. The van der Waals surface area contributed by atoms with Crippen molar-refractivity contribution in [3.05, 3.63) is 106 Å². The Hall–Kier alpha value is -3.32. The zero-order valence-electron chi connectivity index (χ0n) is 22.1. The molecule has 2 atom stereocenters. The van der Waals surface area contributed by atoms with Crippen molar-refractivity contribution in [2.75, 3.05) is 26.3 Å². The van der Waals surface area contributed by atoms with E-state index in [2.05, 4.69) is 0 Å². The molecule has 2 aliphatic heterocycles. The Balaban J connectivity index is 1.56. The predicted octanol–water partition coefficient (Wildman–Crippen LogP) is 6.74. The molecule has 1 N–H and O–H groups in total. The fraction of sp³-hybridized carbons (Fsp3) is 0.312. The lowest BCUT2D eigenvalue weighted by Gasteiger charge is -2.33. The number of carbonyl (C=O) groups is 1. The van der Waals surface area contributed by atoms with Gasteiger partial charge in [-0.15, -0.1) is 0 Å². The minimum absolute atomic E-state index is 0.0716. The molecule has 0 spiro atoms. The highest BCUT2D eigenvalue weighted by Crippen LogP contribution is 2.46. The number of aliphatic hydroxyl groups excluding tert-OH is 1. The number of likely N-dealkylation sites (tertiary alicyclic amines) is 1. The molecule has 6 nitrogen and oxygen atoms in total. The van der Waals surface area contributed by atoms with Crippen molar-refractivity contribution in [3.63, 3.8) is 0 Å². The van der Waals surface area contributed by atoms with Gasteiger partial charge in [-0.1, -0.05) is 71.8 Å². The molecule has 0 bridgehead atoms. The van der Waals surface area contributed by atoms with E-state index in [-0.39, 0.29) is 12.5 Å². The van der Waals surface area contributed by atoms with E-state index in [0.717, 1.165) is 24.0 Å². The molecule has 5 rings (SSSR count). The third kappa shape index (κ3) is 6.20. The first-order chi connectivity index (χ1) is 19.5. The molecular formula is C32H32Cl2N2O4. The topological polar surface area (TPSA) is 71.4 Å². The first-order valence-electron chi connectivity index (χ1n) is 13.6. The maximum atomic E-state index is 14.3. The number of aliphatic hydroxyl groups is 1. The van der Waals surface area contributed by atoms with Crippen molar-refractivity contribution in [2.24, 2.45) is 4.99 Å². The van der Waals surface area contributed by atoms with Crippen LogP contribution in [0.15, 0.2) is 83.9 Å². The van der Waals surface area contributed by atoms with Gasteiger partial charge in [0.25, 0.3) is 5.91 Å². The number of amides is 1. The Labute approximate surface area is 244 Å². The van der Waals surface area contributed by atoms with E-state index in [1.54, 1.807) is 12.1 Å². The lowest BCUT2D eigenvalue weighted by atomic mass is 9.83. The van der Waals surface area contributed by atoms with E-state index in [4.69, 9.17) is 42.8 Å². The second kappa shape index (κ2) is 12.9. The number of ether oxygens (including phenoxy) is 2. The highest BCUT2D eigenvalue weighted by atomic mass is 35.5. The zero-order chi connectivity index (χ0) is 28.0. The average Bonchev–Trinajstić information content (AvgIpc) is 3.64. The summed E-state index contributed by atoms with van der Waals surface area (Å²) in [5.74, 6) is 0.981. The van der Waals surface area contributed by atoms with Crippen LogP contribution in [0, 0.1) is 0 Å². The smallest absolute Gasteiger partial charge is 0.255 e. The Morgan fingerprint density at radius 2 is 1.82 bits per heavy atom. The van der Waals surface area contributed by atoms with E-state index in [1.165, 1.54) is 0 Å². The van der Waals surface area contributed by atoms with Gasteiger partial charge in [0.1, 0.15) is 5.75 Å². The molecule has 208 valence electrons. The van der Waals surface area contributed by atoms with Crippen LogP contribution in [0.25, 0.3) is 6.08 Å². The second-order valence-corrected chi connectivity index (χ2v) is 10.8. The van der Waals surface area contributed by atoms with Crippen molar-refractivity contribution in [2.45, 2.75) is 37.3 Å². The normalized spacial score (nSPS) is 20.5. The molecule has 3 aromatic carbocycles. The molecule has 0 radical (unpaired) electrons. The number of rotatable bonds is 10. The quantitative estimate of drug-likeness (QED) is 0.270. The maximum absolute atomic E-state index is 14.3. The summed E-state index contributed by atoms with van der Waals surface area (Å²) < 4.78 is 12.2. The van der Waals surface area contributed by atoms with Crippen LogP contribution in [0.4, 0.5) is 0 Å². The lowest BCUT2D eigenvalue weighted by Crippen LogP contribution is -2.49. The summed E-state index contributed by atoms with van der Waals surface area (Å²) in [5.41, 5.74) is 1.17. The Morgan fingerprint density at radius 3 is 2.52 bits per heavy atom. The number of hydrogen-bond acceptors (Lipinski definition) is 5. The van der Waals surface area contributed by atoms with Gasteiger partial charge in [0.15, 0.2) is 11.6 Å². The molecule has 3 aromatic rings. The molecule has 8 heteroatoms. The largest absolute Gasteiger partial charge is 0.494 e. The van der Waals surface area contributed by atoms with Crippen molar-refractivity contribution in [3.8, 4) is 5.75 Å². The number of carbonyl (C=O) groups excluding carboxylic acids is 1. The molecule has 2 aliphatic rings. The van der Waals surface area contributed by atoms with Crippen LogP contribution in [0.2, 0.25) is 10.0 Å². The second-order valence-electron chi connectivity index (χ2n) is 9.97. The summed E-state index contributed by atoms with van der Waals surface area (Å²) in [6, 6.07) is 22.6. The molecule has 0 unspecified atom stereocenters. The molecule has 2 heterocycles. The maximum Gasteiger partial charge on any atom is 0.255 e. The van der Waals surface area contributed by atoms with Crippen LogP contribution in [0.1, 0.15) is 48.5 Å². The minimum atomic E-state index is -1.25. The Bertz CT molecular complexity index is 1370. The summed E-state index contributed by atoms with van der Waals surface area (Å²) in [7, 11) is 0. The van der Waals surface area contributed by atoms with E-state index in [9.17, 15) is 4.79 Å². The van der Waals surface area contributed by atoms with Gasteiger partial charge < -0.3 is 19.5 Å². The standard InChI is InChI=1S/C32H32Cl2N2O4/c33-25-13-16-27(28(34)22-25)29-32(31(38)36-18-4-5-19-36,17-6-10-23-8-2-1-3-9-23)35-30(40-29)24-11-14-26(15-12-24)39-21-7-20-37/h1-3,6,8-16,22,29,37H,4-5,7,17-21H2/b10-6+/t29-,32-/m1/s1. The summed E-state index contributed by atoms with van der Waals surface area (Å²) in [6.45, 7) is 1.87. The summed E-state index contributed by atoms with van der Waals surface area (Å²) in [5, 5.41) is 9.95. The third-order valence-corrected chi connectivity index (χ3v) is 7.75. The van der Waals surface area contributed by atoms with Gasteiger partial charge in [0.05, 0.1) is 6.61 Å². The van der Waals surface area contributed by atoms with Gasteiger partial charge >= 0.3 is 0 Å². The van der Waals surface area contributed by atoms with E-state index < -0.39 is 11.6 Å². The zero-order valence-corrected chi connectivity index (χ0v) is 23.7. The average molecular weight is 580 g/mol. The molecule has 0 saturated carbocycles. The fourth-order valence-electron chi connectivity index (χ4n) is 5.12. The number of halogens is 2. The van der Waals surface area contributed by atoms with Gasteiger partial charge in [0, 0.05) is 53.7 Å². The van der Waals surface area contributed by atoms with Gasteiger partial charge in [-0.3, -0.25) is 4.79 Å². The van der Waals surface area contributed by atoms with Crippen molar-refractivity contribution < 1.29 is 19.4 Å². The molecule has 0 aliphatic carbocycles. The van der Waals surface area contributed by atoms with Gasteiger partial charge in [-0.25, -0.2) is 4.99 Å². The minimum Gasteiger partial charge on any atom is -0.494 e. The first kappa shape index (κ1) is 28.2. The molecule has 1 fully saturated rings. The monoisotopic (exact) mass is 578 g/mol. The molecule has 1 amide bonds. The molecule has 0 aromatic heterocycles. The van der Waals surface area contributed by atoms with Crippen molar-refractivity contribution in [1.82, 2.24) is 4.90 Å². The number of hydrogen-bond donors (Lipinski definition) is 1. The SMILES string of the molecule is O=C(N1CCCC1)[C@]1(C/C=C/c2ccccc2)N=C(c2ccc(OCCCO)cc2)O[C@@H]1c1ccc(Cl)cc1Cl. The van der Waals surface area contributed by atoms with E-state index >= 15 is 0 Å². The Morgan fingerprint density at radius 1 is 1.07 bits per heavy atom. The van der Waals surface area contributed by atoms with Crippen LogP contribution in [-0.4, -0.2) is 53.7 Å². The molecule has 1 saturated heterocycles. The summed E-state index contributed by atoms with van der Waals surface area (Å²) in [4.78, 5) is 21.3. The lowest BCUT2D eigenvalue weighted by molar-refractivity contribution is -0.138. The first-order valence-corrected chi connectivity index (χ1v) is 14.3. The number of aliphatic imine (C=N–C) groups is 1. The van der Waals surface area contributed by atoms with Crippen LogP contribution in [0.3, 0.4) is 0 Å². The number of benzene rings is 3. The predicted molar refractivity (Wildman–Crippen MR) is 159 cm³/mol. The summed E-state index contributed by atoms with van der Waals surface area (Å²) >= 11 is 12.9. The van der Waals surface area contributed by atoms with Gasteiger partial charge in [0.2, 0.25) is 5.90 Å². The van der Waals surface area contributed by atoms with Gasteiger partial charge in [-0.05, 0) is 54.8 Å². The molecule has 40 heavy (non-hydrogen) atoms. The highest BCUT2D eigenvalue weighted by molar-refractivity contribution is 6.35. The van der Waals surface area contributed by atoms with E-state index in [0.29, 0.717) is 59.8 Å². The van der Waals surface area contributed by atoms with Crippen molar-refractivity contribution in [1.29, 1.82) is 0 Å². The third-order valence-electron chi connectivity index (χ3n) is 7.18. The van der Waals surface area contributed by atoms with Gasteiger partial charge in [-0.2, -0.15) is 0 Å². The Kier molecular flexibility index (Phi) is 9.10. The van der Waals surface area contributed by atoms with Crippen LogP contribution >= 0.6 is 23.2 Å². The van der Waals surface area contributed by atoms with Crippen LogP contribution < -0.4 is 4.74 Å². The number of nitrogens with zero attached hydrogens (tertiary/aromatic N) is 2. The van der Waals surface area contributed by atoms with Crippen molar-refractivity contribution >= 4 is 41.1 Å².